The van der Waals surface area contributed by atoms with Crippen molar-refractivity contribution in [2.75, 3.05) is 0 Å². The molecular formula is C21H26O7. The molecule has 3 heterocycles. The fourth-order valence-electron chi connectivity index (χ4n) is 3.74. The highest BCUT2D eigenvalue weighted by atomic mass is 16.9. The van der Waals surface area contributed by atoms with E-state index in [9.17, 15) is 5.11 Å². The largest absolute Gasteiger partial charge is 0.384 e. The third kappa shape index (κ3) is 4.05. The van der Waals surface area contributed by atoms with Gasteiger partial charge >= 0.3 is 6.29 Å². The topological polar surface area (TPSA) is 77.7 Å². The molecule has 3 saturated heterocycles. The minimum Gasteiger partial charge on any atom is -0.342 e. The van der Waals surface area contributed by atoms with Crippen LogP contribution in [-0.2, 0) is 28.1 Å². The zero-order chi connectivity index (χ0) is 19.9. The molecule has 4 rings (SSSR count). The number of ether oxygens (including phenoxy) is 5. The molecular weight excluding hydrogens is 364 g/mol. The zero-order valence-electron chi connectivity index (χ0n) is 16.4. The smallest absolute Gasteiger partial charge is 0.342 e. The van der Waals surface area contributed by atoms with E-state index in [4.69, 9.17) is 28.1 Å². The second kappa shape index (κ2) is 7.33. The molecule has 3 aliphatic rings. The number of rotatable bonds is 4. The third-order valence-corrected chi connectivity index (χ3v) is 4.80. The molecule has 28 heavy (non-hydrogen) atoms. The first-order valence-corrected chi connectivity index (χ1v) is 9.42. The minimum atomic E-state index is -1.31. The SMILES string of the molecule is CC1(C)O[C@H]2[C@@H](O1)[C@@H](C(O)[O+]=[C-]/C=C/c1ccccc1)O[C@@H]1OC(C)(C)O[C@@H]12. The summed E-state index contributed by atoms with van der Waals surface area (Å²) in [6.45, 7) is 7.24. The highest BCUT2D eigenvalue weighted by molar-refractivity contribution is 5.74. The van der Waals surface area contributed by atoms with Gasteiger partial charge in [-0.2, -0.15) is 6.08 Å². The Morgan fingerprint density at radius 3 is 2.36 bits per heavy atom. The average Bonchev–Trinajstić information content (AvgIpc) is 3.12. The van der Waals surface area contributed by atoms with Crippen molar-refractivity contribution in [3.05, 3.63) is 42.0 Å². The third-order valence-electron chi connectivity index (χ3n) is 4.80. The molecule has 1 unspecified atom stereocenters. The Morgan fingerprint density at radius 2 is 1.61 bits per heavy atom. The summed E-state index contributed by atoms with van der Waals surface area (Å²) < 4.78 is 35.0. The van der Waals surface area contributed by atoms with Crippen LogP contribution in [0.25, 0.3) is 6.08 Å². The Balaban J connectivity index is 1.48. The first-order valence-electron chi connectivity index (χ1n) is 9.42. The quantitative estimate of drug-likeness (QED) is 0.367. The highest BCUT2D eigenvalue weighted by Crippen LogP contribution is 2.44. The summed E-state index contributed by atoms with van der Waals surface area (Å²) in [5.41, 5.74) is 0.998. The lowest BCUT2D eigenvalue weighted by molar-refractivity contribution is -0.302. The van der Waals surface area contributed by atoms with E-state index < -0.39 is 48.6 Å². The van der Waals surface area contributed by atoms with Crippen LogP contribution in [-0.4, -0.2) is 60.0 Å². The summed E-state index contributed by atoms with van der Waals surface area (Å²) in [6.07, 6.45) is 1.78. The van der Waals surface area contributed by atoms with E-state index >= 15 is 0 Å². The van der Waals surface area contributed by atoms with Gasteiger partial charge in [0.05, 0.1) is 0 Å². The van der Waals surface area contributed by atoms with Gasteiger partial charge in [-0.25, -0.2) is 0 Å². The summed E-state index contributed by atoms with van der Waals surface area (Å²) >= 11 is 0. The molecule has 7 heteroatoms. The zero-order valence-corrected chi connectivity index (χ0v) is 16.4. The monoisotopic (exact) mass is 390 g/mol. The summed E-state index contributed by atoms with van der Waals surface area (Å²) in [4.78, 5) is 0. The van der Waals surface area contributed by atoms with Gasteiger partial charge in [-0.15, -0.1) is 11.6 Å². The molecule has 1 N–H and O–H groups in total. The van der Waals surface area contributed by atoms with Crippen molar-refractivity contribution >= 4 is 12.4 Å². The van der Waals surface area contributed by atoms with Gasteiger partial charge in [0.2, 0.25) is 12.4 Å². The lowest BCUT2D eigenvalue weighted by Crippen LogP contribution is -2.58. The first kappa shape index (κ1) is 19.7. The van der Waals surface area contributed by atoms with E-state index in [1.807, 2.05) is 64.1 Å². The molecule has 3 fully saturated rings. The number of hydrogen-bond acceptors (Lipinski definition) is 6. The molecule has 152 valence electrons. The Bertz CT molecular complexity index is 742. The molecule has 0 bridgehead atoms. The van der Waals surface area contributed by atoms with E-state index in [2.05, 4.69) is 6.29 Å². The van der Waals surface area contributed by atoms with Gasteiger partial charge in [0, 0.05) is 0 Å². The maximum Gasteiger partial charge on any atom is 0.384 e. The van der Waals surface area contributed by atoms with Crippen LogP contribution in [0.4, 0.5) is 0 Å². The standard InChI is InChI=1S/C21H26O7/c1-20(2)25-14-15(26-20)17-19(28-21(3,4)27-17)24-16(14)18(22)23-12-8-11-13-9-6-5-7-10-13/h5-11,14-19,22H,1-4H3/b11-8+/t14-,15+,16+,17-,18?,19-/m1/s1. The van der Waals surface area contributed by atoms with Gasteiger partial charge < -0.3 is 33.2 Å². The number of fused-ring (bicyclic) bond motifs is 3. The molecule has 1 aromatic carbocycles. The predicted molar refractivity (Wildman–Crippen MR) is 99.7 cm³/mol. The van der Waals surface area contributed by atoms with Crippen LogP contribution in [0.3, 0.4) is 0 Å². The van der Waals surface area contributed by atoms with Crippen molar-refractivity contribution in [3.8, 4) is 0 Å². The van der Waals surface area contributed by atoms with Gasteiger partial charge in [-0.05, 0) is 27.7 Å². The predicted octanol–water partition coefficient (Wildman–Crippen LogP) is 2.06. The van der Waals surface area contributed by atoms with Crippen molar-refractivity contribution in [1.82, 2.24) is 0 Å². The molecule has 0 saturated carbocycles. The Labute approximate surface area is 164 Å². The molecule has 0 aromatic heterocycles. The van der Waals surface area contributed by atoms with Crippen molar-refractivity contribution < 1.29 is 33.2 Å². The highest BCUT2D eigenvalue weighted by Gasteiger charge is 2.63. The molecule has 0 radical (unpaired) electrons. The van der Waals surface area contributed by atoms with Crippen molar-refractivity contribution in [3.63, 3.8) is 0 Å². The number of hydrogen-bond donors (Lipinski definition) is 1. The second-order valence-corrected chi connectivity index (χ2v) is 8.00. The number of carbonyl (C=O) groups excluding carboxylic acids is 1. The van der Waals surface area contributed by atoms with Crippen LogP contribution in [0, 0.1) is 0 Å². The maximum absolute atomic E-state index is 10.6. The normalized spacial score (nSPS) is 37.2. The van der Waals surface area contributed by atoms with Crippen molar-refractivity contribution in [1.29, 1.82) is 0 Å². The summed E-state index contributed by atoms with van der Waals surface area (Å²) in [5.74, 6) is -1.64. The Kier molecular flexibility index (Phi) is 5.16. The molecule has 0 spiro atoms. The van der Waals surface area contributed by atoms with Crippen LogP contribution in [0.2, 0.25) is 0 Å². The molecule has 7 nitrogen and oxygen atoms in total. The summed E-state index contributed by atoms with van der Waals surface area (Å²) in [7, 11) is 0. The number of benzene rings is 1. The van der Waals surface area contributed by atoms with E-state index in [1.54, 1.807) is 6.08 Å². The Morgan fingerprint density at radius 1 is 0.964 bits per heavy atom. The number of aliphatic hydroxyl groups excluding tert-OH is 1. The average molecular weight is 390 g/mol. The van der Waals surface area contributed by atoms with Gasteiger partial charge in [-0.3, -0.25) is 0 Å². The lowest BCUT2D eigenvalue weighted by Gasteiger charge is -2.35. The fraction of sp³-hybridized carbons (Fsp3) is 0.571. The molecule has 6 atom stereocenters. The Hall–Kier alpha value is -1.61. The molecule has 0 amide bonds. The van der Waals surface area contributed by atoms with Crippen molar-refractivity contribution in [2.24, 2.45) is 0 Å². The summed E-state index contributed by atoms with van der Waals surface area (Å²) in [6, 6.07) is 9.72. The van der Waals surface area contributed by atoms with E-state index in [0.717, 1.165) is 5.56 Å². The van der Waals surface area contributed by atoms with Gasteiger partial charge in [0.25, 0.3) is 0 Å². The fourth-order valence-corrected chi connectivity index (χ4v) is 3.74. The van der Waals surface area contributed by atoms with Crippen LogP contribution in [0.15, 0.2) is 36.4 Å². The van der Waals surface area contributed by atoms with Crippen molar-refractivity contribution in [2.45, 2.75) is 76.3 Å². The summed E-state index contributed by atoms with van der Waals surface area (Å²) in [5, 5.41) is 10.6. The van der Waals surface area contributed by atoms with E-state index in [1.165, 1.54) is 0 Å². The molecule has 3 aliphatic heterocycles. The maximum atomic E-state index is 10.6. The molecule has 0 aliphatic carbocycles. The number of allylic oxidation sites excluding steroid dienone is 1. The van der Waals surface area contributed by atoms with Crippen LogP contribution < -0.4 is 0 Å². The van der Waals surface area contributed by atoms with E-state index in [-0.39, 0.29) is 0 Å². The van der Waals surface area contributed by atoms with E-state index in [0.29, 0.717) is 0 Å². The van der Waals surface area contributed by atoms with Gasteiger partial charge in [0.1, 0.15) is 18.3 Å². The van der Waals surface area contributed by atoms with Crippen LogP contribution in [0.1, 0.15) is 33.3 Å². The van der Waals surface area contributed by atoms with Gasteiger partial charge in [0.15, 0.2) is 17.9 Å². The molecule has 1 aromatic rings. The first-order chi connectivity index (χ1) is 13.2. The minimum absolute atomic E-state index is 0.446. The van der Waals surface area contributed by atoms with Crippen LogP contribution in [0.5, 0.6) is 0 Å². The van der Waals surface area contributed by atoms with Crippen LogP contribution >= 0.6 is 0 Å². The van der Waals surface area contributed by atoms with Gasteiger partial charge in [-0.1, -0.05) is 30.3 Å². The number of aliphatic hydroxyl groups is 1. The lowest BCUT2D eigenvalue weighted by atomic mass is 9.98. The second-order valence-electron chi connectivity index (χ2n) is 8.00.